The van der Waals surface area contributed by atoms with E-state index in [9.17, 15) is 9.59 Å². The van der Waals surface area contributed by atoms with Crippen molar-refractivity contribution in [2.24, 2.45) is 0 Å². The van der Waals surface area contributed by atoms with Crippen LogP contribution in [0.15, 0.2) is 24.5 Å². The molecule has 0 radical (unpaired) electrons. The Kier molecular flexibility index (Phi) is 5.17. The van der Waals surface area contributed by atoms with Crippen molar-refractivity contribution in [2.75, 3.05) is 33.4 Å². The number of piperidine rings is 1. The van der Waals surface area contributed by atoms with Gasteiger partial charge in [-0.1, -0.05) is 17.7 Å². The first-order valence-corrected chi connectivity index (χ1v) is 10.1. The van der Waals surface area contributed by atoms with E-state index in [1.165, 1.54) is 0 Å². The van der Waals surface area contributed by atoms with Crippen LogP contribution in [0.4, 0.5) is 0 Å². The molecule has 4 rings (SSSR count). The number of likely N-dealkylation sites (tertiary alicyclic amines) is 1. The van der Waals surface area contributed by atoms with Crippen molar-refractivity contribution in [2.45, 2.75) is 38.6 Å². The van der Waals surface area contributed by atoms with E-state index in [0.717, 1.165) is 34.5 Å². The Balaban J connectivity index is 1.58. The van der Waals surface area contributed by atoms with Gasteiger partial charge in [0.05, 0.1) is 17.6 Å². The van der Waals surface area contributed by atoms with E-state index in [1.54, 1.807) is 13.4 Å². The standard InChI is InChI=1S/C22H28N4O3/c1-15-4-5-17(16(2)12-15)21(28)25-10-7-22(8-11-25)20-18(23-14-24-20)6-9-26(22)19(27)13-29-3/h4-5,12,14H,6-11,13H2,1-3H3,(H,23,24). The second-order valence-electron chi connectivity index (χ2n) is 8.10. The lowest BCUT2D eigenvalue weighted by molar-refractivity contribution is -0.145. The third-order valence-electron chi connectivity index (χ3n) is 6.32. The summed E-state index contributed by atoms with van der Waals surface area (Å²) < 4.78 is 5.12. The number of benzene rings is 1. The van der Waals surface area contributed by atoms with Gasteiger partial charge in [-0.3, -0.25) is 9.59 Å². The Morgan fingerprint density at radius 2 is 1.97 bits per heavy atom. The van der Waals surface area contributed by atoms with Gasteiger partial charge < -0.3 is 19.5 Å². The molecule has 154 valence electrons. The van der Waals surface area contributed by atoms with Crippen molar-refractivity contribution in [1.29, 1.82) is 0 Å². The number of carbonyl (C=O) groups excluding carboxylic acids is 2. The fourth-order valence-electron chi connectivity index (χ4n) is 4.85. The van der Waals surface area contributed by atoms with Crippen LogP contribution in [0.1, 0.15) is 45.7 Å². The van der Waals surface area contributed by atoms with Gasteiger partial charge in [-0.2, -0.15) is 0 Å². The molecule has 0 unspecified atom stereocenters. The summed E-state index contributed by atoms with van der Waals surface area (Å²) in [4.78, 5) is 37.6. The first kappa shape index (κ1) is 19.6. The fraction of sp³-hybridized carbons (Fsp3) is 0.500. The van der Waals surface area contributed by atoms with E-state index < -0.39 is 5.54 Å². The van der Waals surface area contributed by atoms with Crippen LogP contribution in [0.5, 0.6) is 0 Å². The zero-order valence-electron chi connectivity index (χ0n) is 17.3. The van der Waals surface area contributed by atoms with Crippen molar-refractivity contribution < 1.29 is 14.3 Å². The highest BCUT2D eigenvalue weighted by molar-refractivity contribution is 5.95. The average Bonchev–Trinajstić information content (AvgIpc) is 3.19. The van der Waals surface area contributed by atoms with Crippen LogP contribution in [0.3, 0.4) is 0 Å². The smallest absolute Gasteiger partial charge is 0.254 e. The number of methoxy groups -OCH3 is 1. The molecule has 1 fully saturated rings. The van der Waals surface area contributed by atoms with Crippen LogP contribution in [-0.2, 0) is 21.5 Å². The Morgan fingerprint density at radius 1 is 1.21 bits per heavy atom. The second kappa shape index (κ2) is 7.63. The summed E-state index contributed by atoms with van der Waals surface area (Å²) in [7, 11) is 1.54. The maximum absolute atomic E-state index is 13.1. The molecule has 1 spiro atoms. The number of rotatable bonds is 3. The number of aryl methyl sites for hydroxylation is 2. The molecule has 0 bridgehead atoms. The highest BCUT2D eigenvalue weighted by Crippen LogP contribution is 2.42. The zero-order chi connectivity index (χ0) is 20.6. The van der Waals surface area contributed by atoms with Crippen molar-refractivity contribution in [1.82, 2.24) is 19.8 Å². The molecular weight excluding hydrogens is 368 g/mol. The van der Waals surface area contributed by atoms with E-state index in [0.29, 0.717) is 32.5 Å². The van der Waals surface area contributed by atoms with E-state index >= 15 is 0 Å². The number of nitrogens with one attached hydrogen (secondary N) is 1. The Labute approximate surface area is 171 Å². The number of imidazole rings is 1. The third kappa shape index (κ3) is 3.33. The number of aromatic nitrogens is 2. The lowest BCUT2D eigenvalue weighted by atomic mass is 9.78. The van der Waals surface area contributed by atoms with Gasteiger partial charge in [-0.05, 0) is 38.3 Å². The number of fused-ring (bicyclic) bond motifs is 2. The molecule has 7 heteroatoms. The van der Waals surface area contributed by atoms with Gasteiger partial charge in [0, 0.05) is 44.4 Å². The Hall–Kier alpha value is -2.67. The quantitative estimate of drug-likeness (QED) is 0.863. The highest BCUT2D eigenvalue weighted by Gasteiger charge is 2.49. The summed E-state index contributed by atoms with van der Waals surface area (Å²) in [5.74, 6) is 0.0421. The topological polar surface area (TPSA) is 78.5 Å². The number of amides is 2. The molecule has 0 atom stereocenters. The zero-order valence-corrected chi connectivity index (χ0v) is 17.3. The minimum Gasteiger partial charge on any atom is -0.375 e. The number of hydrogen-bond acceptors (Lipinski definition) is 4. The van der Waals surface area contributed by atoms with Gasteiger partial charge in [-0.25, -0.2) is 4.98 Å². The maximum Gasteiger partial charge on any atom is 0.254 e. The molecule has 3 heterocycles. The van der Waals surface area contributed by atoms with Crippen LogP contribution < -0.4 is 0 Å². The van der Waals surface area contributed by atoms with Crippen LogP contribution in [-0.4, -0.2) is 64.9 Å². The third-order valence-corrected chi connectivity index (χ3v) is 6.32. The molecule has 7 nitrogen and oxygen atoms in total. The lowest BCUT2D eigenvalue weighted by Gasteiger charge is -2.50. The largest absolute Gasteiger partial charge is 0.375 e. The molecule has 1 N–H and O–H groups in total. The number of carbonyl (C=O) groups is 2. The van der Waals surface area contributed by atoms with Gasteiger partial charge in [-0.15, -0.1) is 0 Å². The fourth-order valence-corrected chi connectivity index (χ4v) is 4.85. The van der Waals surface area contributed by atoms with Crippen LogP contribution in [0.25, 0.3) is 0 Å². The number of hydrogen-bond donors (Lipinski definition) is 1. The second-order valence-corrected chi connectivity index (χ2v) is 8.10. The summed E-state index contributed by atoms with van der Waals surface area (Å²) in [6.45, 7) is 5.90. The van der Waals surface area contributed by atoms with E-state index in [-0.39, 0.29) is 18.4 Å². The number of H-pyrrole nitrogens is 1. The van der Waals surface area contributed by atoms with Gasteiger partial charge in [0.25, 0.3) is 5.91 Å². The van der Waals surface area contributed by atoms with Crippen LogP contribution >= 0.6 is 0 Å². The molecule has 2 amide bonds. The van der Waals surface area contributed by atoms with Crippen LogP contribution in [0, 0.1) is 13.8 Å². The van der Waals surface area contributed by atoms with Gasteiger partial charge in [0.15, 0.2) is 0 Å². The summed E-state index contributed by atoms with van der Waals surface area (Å²) >= 11 is 0. The number of ether oxygens (including phenoxy) is 1. The van der Waals surface area contributed by atoms with E-state index in [1.807, 2.05) is 41.8 Å². The molecule has 1 aromatic carbocycles. The molecule has 1 aromatic heterocycles. The van der Waals surface area contributed by atoms with E-state index in [4.69, 9.17) is 4.74 Å². The number of aromatic amines is 1. The lowest BCUT2D eigenvalue weighted by Crippen LogP contribution is -2.59. The molecule has 0 aliphatic carbocycles. The SMILES string of the molecule is COCC(=O)N1CCc2[nH]cnc2C12CCN(C(=O)c1ccc(C)cc1C)CC2. The Morgan fingerprint density at radius 3 is 2.66 bits per heavy atom. The van der Waals surface area contributed by atoms with Gasteiger partial charge >= 0.3 is 0 Å². The van der Waals surface area contributed by atoms with Crippen molar-refractivity contribution in [3.8, 4) is 0 Å². The van der Waals surface area contributed by atoms with Gasteiger partial charge in [0.1, 0.15) is 6.61 Å². The first-order chi connectivity index (χ1) is 14.0. The summed E-state index contributed by atoms with van der Waals surface area (Å²) in [6.07, 6.45) is 3.83. The maximum atomic E-state index is 13.1. The van der Waals surface area contributed by atoms with Crippen molar-refractivity contribution in [3.63, 3.8) is 0 Å². The Bertz CT molecular complexity index is 928. The summed E-state index contributed by atoms with van der Waals surface area (Å²) in [6, 6.07) is 5.94. The monoisotopic (exact) mass is 396 g/mol. The normalized spacial score (nSPS) is 18.0. The minimum absolute atomic E-state index is 0.0182. The van der Waals surface area contributed by atoms with Crippen molar-refractivity contribution >= 4 is 11.8 Å². The predicted octanol–water partition coefficient (Wildman–Crippen LogP) is 2.19. The van der Waals surface area contributed by atoms with Crippen LogP contribution in [0.2, 0.25) is 0 Å². The minimum atomic E-state index is -0.470. The number of nitrogens with zero attached hydrogens (tertiary/aromatic N) is 3. The molecule has 2 aliphatic rings. The molecule has 2 aliphatic heterocycles. The molecule has 1 saturated heterocycles. The van der Waals surface area contributed by atoms with Crippen molar-refractivity contribution in [3.05, 3.63) is 52.6 Å². The molecule has 0 saturated carbocycles. The average molecular weight is 396 g/mol. The summed E-state index contributed by atoms with van der Waals surface area (Å²) in [5.41, 5.74) is 4.48. The van der Waals surface area contributed by atoms with E-state index in [2.05, 4.69) is 9.97 Å². The van der Waals surface area contributed by atoms with Gasteiger partial charge in [0.2, 0.25) is 5.91 Å². The molecular formula is C22H28N4O3. The molecule has 29 heavy (non-hydrogen) atoms. The molecule has 2 aromatic rings. The highest BCUT2D eigenvalue weighted by atomic mass is 16.5. The predicted molar refractivity (Wildman–Crippen MR) is 109 cm³/mol. The summed E-state index contributed by atoms with van der Waals surface area (Å²) in [5, 5.41) is 0. The first-order valence-electron chi connectivity index (χ1n) is 10.1.